The molecule has 1 aliphatic heterocycles. The molecule has 26 heavy (non-hydrogen) atoms. The number of hydrogen-bond donors (Lipinski definition) is 1. The van der Waals surface area contributed by atoms with Crippen LogP contribution in [0.3, 0.4) is 0 Å². The molecule has 0 saturated carbocycles. The minimum absolute atomic E-state index is 0.148. The fraction of sp³-hybridized carbons (Fsp3) is 0.222. The van der Waals surface area contributed by atoms with Gasteiger partial charge in [0.15, 0.2) is 24.2 Å². The molecule has 0 aliphatic carbocycles. The van der Waals surface area contributed by atoms with Crippen LogP contribution < -0.4 is 19.5 Å². The smallest absolute Gasteiger partial charge is 0.347 e. The standard InChI is InChI=1S/C18H16ClNO6/c1-11(26-14-4-2-3-12(19)7-14)18(22)23-9-17(21)20-13-5-6-15-16(8-13)25-10-24-15/h2-8,11H,9-10H2,1H3,(H,20,21). The third-order valence-electron chi connectivity index (χ3n) is 3.44. The Kier molecular flexibility index (Phi) is 5.48. The molecule has 136 valence electrons. The molecule has 1 aliphatic rings. The molecule has 1 unspecified atom stereocenters. The van der Waals surface area contributed by atoms with Gasteiger partial charge in [0.1, 0.15) is 5.75 Å². The maximum absolute atomic E-state index is 11.9. The summed E-state index contributed by atoms with van der Waals surface area (Å²) in [6, 6.07) is 11.6. The van der Waals surface area contributed by atoms with Gasteiger partial charge in [-0.2, -0.15) is 0 Å². The number of rotatable bonds is 6. The normalized spacial score (nSPS) is 13.0. The average molecular weight is 378 g/mol. The number of fused-ring (bicyclic) bond motifs is 1. The summed E-state index contributed by atoms with van der Waals surface area (Å²) in [7, 11) is 0. The molecule has 1 N–H and O–H groups in total. The highest BCUT2D eigenvalue weighted by atomic mass is 35.5. The van der Waals surface area contributed by atoms with Crippen molar-refractivity contribution in [2.75, 3.05) is 18.7 Å². The molecule has 0 spiro atoms. The summed E-state index contributed by atoms with van der Waals surface area (Å²) in [6.07, 6.45) is -0.883. The summed E-state index contributed by atoms with van der Waals surface area (Å²) >= 11 is 5.86. The Morgan fingerprint density at radius 1 is 1.19 bits per heavy atom. The molecule has 8 heteroatoms. The lowest BCUT2D eigenvalue weighted by Gasteiger charge is -2.14. The minimum Gasteiger partial charge on any atom is -0.479 e. The number of esters is 1. The van der Waals surface area contributed by atoms with Crippen LogP contribution >= 0.6 is 11.6 Å². The van der Waals surface area contributed by atoms with Gasteiger partial charge in [-0.25, -0.2) is 4.79 Å². The number of carbonyl (C=O) groups is 2. The monoisotopic (exact) mass is 377 g/mol. The van der Waals surface area contributed by atoms with Crippen molar-refractivity contribution in [3.05, 3.63) is 47.5 Å². The number of amides is 1. The number of hydrogen-bond acceptors (Lipinski definition) is 6. The third-order valence-corrected chi connectivity index (χ3v) is 3.68. The Hall–Kier alpha value is -2.93. The Balaban J connectivity index is 1.47. The van der Waals surface area contributed by atoms with Crippen LogP contribution in [0.25, 0.3) is 0 Å². The van der Waals surface area contributed by atoms with Gasteiger partial charge < -0.3 is 24.3 Å². The predicted molar refractivity (Wildman–Crippen MR) is 93.7 cm³/mol. The van der Waals surface area contributed by atoms with Crippen molar-refractivity contribution in [3.8, 4) is 17.2 Å². The Bertz CT molecular complexity index is 825. The van der Waals surface area contributed by atoms with Gasteiger partial charge in [0.25, 0.3) is 5.91 Å². The molecule has 7 nitrogen and oxygen atoms in total. The molecular weight excluding hydrogens is 362 g/mol. The van der Waals surface area contributed by atoms with Crippen molar-refractivity contribution in [2.45, 2.75) is 13.0 Å². The molecule has 2 aromatic carbocycles. The van der Waals surface area contributed by atoms with Gasteiger partial charge >= 0.3 is 5.97 Å². The highest BCUT2D eigenvalue weighted by Crippen LogP contribution is 2.34. The first kappa shape index (κ1) is 17.9. The molecule has 0 aromatic heterocycles. The Morgan fingerprint density at radius 3 is 2.81 bits per heavy atom. The number of nitrogens with one attached hydrogen (secondary N) is 1. The van der Waals surface area contributed by atoms with Crippen LogP contribution in [0.15, 0.2) is 42.5 Å². The molecule has 1 amide bonds. The molecule has 1 atom stereocenters. The zero-order valence-corrected chi connectivity index (χ0v) is 14.6. The summed E-state index contributed by atoms with van der Waals surface area (Å²) in [6.45, 7) is 1.24. The summed E-state index contributed by atoms with van der Waals surface area (Å²) in [5.74, 6) is 0.453. The van der Waals surface area contributed by atoms with Gasteiger partial charge in [-0.1, -0.05) is 17.7 Å². The fourth-order valence-corrected chi connectivity index (χ4v) is 2.40. The SMILES string of the molecule is CC(Oc1cccc(Cl)c1)C(=O)OCC(=O)Nc1ccc2c(c1)OCO2. The van der Waals surface area contributed by atoms with E-state index in [2.05, 4.69) is 5.32 Å². The zero-order chi connectivity index (χ0) is 18.5. The molecule has 3 rings (SSSR count). The summed E-state index contributed by atoms with van der Waals surface area (Å²) in [5.41, 5.74) is 0.513. The summed E-state index contributed by atoms with van der Waals surface area (Å²) < 4.78 is 20.8. The number of carbonyl (C=O) groups excluding carboxylic acids is 2. The zero-order valence-electron chi connectivity index (χ0n) is 13.9. The number of halogens is 1. The van der Waals surface area contributed by atoms with Gasteiger partial charge in [0, 0.05) is 16.8 Å². The molecule has 0 fully saturated rings. The minimum atomic E-state index is -0.883. The van der Waals surface area contributed by atoms with E-state index in [9.17, 15) is 9.59 Å². The van der Waals surface area contributed by atoms with Gasteiger partial charge in [-0.3, -0.25) is 4.79 Å². The predicted octanol–water partition coefficient (Wildman–Crippen LogP) is 3.02. The molecule has 0 bridgehead atoms. The van der Waals surface area contributed by atoms with Crippen molar-refractivity contribution in [1.29, 1.82) is 0 Å². The second-order valence-corrected chi connectivity index (χ2v) is 5.88. The van der Waals surface area contributed by atoms with Gasteiger partial charge in [-0.05, 0) is 37.3 Å². The van der Waals surface area contributed by atoms with Gasteiger partial charge in [0.05, 0.1) is 0 Å². The largest absolute Gasteiger partial charge is 0.479 e. The van der Waals surface area contributed by atoms with Crippen molar-refractivity contribution in [1.82, 2.24) is 0 Å². The van der Waals surface area contributed by atoms with E-state index >= 15 is 0 Å². The second kappa shape index (κ2) is 7.97. The fourth-order valence-electron chi connectivity index (χ4n) is 2.22. The van der Waals surface area contributed by atoms with E-state index in [1.54, 1.807) is 42.5 Å². The number of benzene rings is 2. The van der Waals surface area contributed by atoms with Crippen molar-refractivity contribution in [3.63, 3.8) is 0 Å². The lowest BCUT2D eigenvalue weighted by Crippen LogP contribution is -2.29. The lowest BCUT2D eigenvalue weighted by molar-refractivity contribution is -0.153. The third kappa shape index (κ3) is 4.58. The van der Waals surface area contributed by atoms with E-state index in [1.165, 1.54) is 6.92 Å². The topological polar surface area (TPSA) is 83.1 Å². The van der Waals surface area contributed by atoms with Crippen LogP contribution in [0.5, 0.6) is 17.2 Å². The van der Waals surface area contributed by atoms with Crippen LogP contribution in [0.2, 0.25) is 5.02 Å². The quantitative estimate of drug-likeness (QED) is 0.779. The van der Waals surface area contributed by atoms with E-state index in [1.807, 2.05) is 0 Å². The van der Waals surface area contributed by atoms with Crippen molar-refractivity contribution >= 4 is 29.2 Å². The van der Waals surface area contributed by atoms with Crippen LogP contribution in [0, 0.1) is 0 Å². The van der Waals surface area contributed by atoms with E-state index in [0.29, 0.717) is 28.0 Å². The summed E-state index contributed by atoms with van der Waals surface area (Å²) in [4.78, 5) is 23.9. The highest BCUT2D eigenvalue weighted by Gasteiger charge is 2.19. The molecule has 0 radical (unpaired) electrons. The van der Waals surface area contributed by atoms with Crippen LogP contribution in [-0.2, 0) is 14.3 Å². The van der Waals surface area contributed by atoms with E-state index in [4.69, 9.17) is 30.5 Å². The number of ether oxygens (including phenoxy) is 4. The molecule has 1 heterocycles. The molecule has 2 aromatic rings. The first-order valence-electron chi connectivity index (χ1n) is 7.79. The molecular formula is C18H16ClNO6. The van der Waals surface area contributed by atoms with Gasteiger partial charge in [0.2, 0.25) is 6.79 Å². The lowest BCUT2D eigenvalue weighted by atomic mass is 10.3. The Morgan fingerprint density at radius 2 is 2.00 bits per heavy atom. The first-order valence-corrected chi connectivity index (χ1v) is 8.17. The highest BCUT2D eigenvalue weighted by molar-refractivity contribution is 6.30. The van der Waals surface area contributed by atoms with Crippen LogP contribution in [-0.4, -0.2) is 31.4 Å². The van der Waals surface area contributed by atoms with E-state index in [0.717, 1.165) is 0 Å². The van der Waals surface area contributed by atoms with E-state index in [-0.39, 0.29) is 6.79 Å². The van der Waals surface area contributed by atoms with Gasteiger partial charge in [-0.15, -0.1) is 0 Å². The maximum Gasteiger partial charge on any atom is 0.347 e. The van der Waals surface area contributed by atoms with Crippen LogP contribution in [0.1, 0.15) is 6.92 Å². The number of anilines is 1. The second-order valence-electron chi connectivity index (χ2n) is 5.44. The molecule has 0 saturated heterocycles. The summed E-state index contributed by atoms with van der Waals surface area (Å²) in [5, 5.41) is 3.10. The van der Waals surface area contributed by atoms with E-state index < -0.39 is 24.6 Å². The van der Waals surface area contributed by atoms with Crippen molar-refractivity contribution < 1.29 is 28.5 Å². The van der Waals surface area contributed by atoms with Crippen LogP contribution in [0.4, 0.5) is 5.69 Å². The maximum atomic E-state index is 11.9. The first-order chi connectivity index (χ1) is 12.5. The Labute approximate surface area is 154 Å². The average Bonchev–Trinajstić information content (AvgIpc) is 3.07. The van der Waals surface area contributed by atoms with Crippen molar-refractivity contribution in [2.24, 2.45) is 0 Å².